The molecule has 0 amide bonds. The minimum atomic E-state index is 0.476. The minimum Gasteiger partial charge on any atom is -0.467 e. The SMILES string of the molecule is CNOCc1ccco1. The summed E-state index contributed by atoms with van der Waals surface area (Å²) in [5, 5.41) is 0. The maximum absolute atomic E-state index is 4.97. The number of hydrogen-bond donors (Lipinski definition) is 1. The third kappa shape index (κ3) is 1.87. The zero-order valence-corrected chi connectivity index (χ0v) is 5.26. The van der Waals surface area contributed by atoms with Gasteiger partial charge in [0.1, 0.15) is 12.4 Å². The molecule has 0 unspecified atom stereocenters. The van der Waals surface area contributed by atoms with Crippen molar-refractivity contribution in [3.05, 3.63) is 24.2 Å². The lowest BCUT2D eigenvalue weighted by Gasteiger charge is -1.94. The van der Waals surface area contributed by atoms with Crippen LogP contribution in [-0.2, 0) is 11.4 Å². The topological polar surface area (TPSA) is 34.4 Å². The molecule has 1 aromatic heterocycles. The number of hydrogen-bond acceptors (Lipinski definition) is 3. The summed E-state index contributed by atoms with van der Waals surface area (Å²) >= 11 is 0. The van der Waals surface area contributed by atoms with Crippen LogP contribution in [0.3, 0.4) is 0 Å². The van der Waals surface area contributed by atoms with Gasteiger partial charge in [-0.3, -0.25) is 4.84 Å². The van der Waals surface area contributed by atoms with Crippen LogP contribution in [0.1, 0.15) is 5.76 Å². The van der Waals surface area contributed by atoms with Gasteiger partial charge in [0.2, 0.25) is 0 Å². The third-order valence-corrected chi connectivity index (χ3v) is 0.939. The third-order valence-electron chi connectivity index (χ3n) is 0.939. The van der Waals surface area contributed by atoms with E-state index in [1.807, 2.05) is 12.1 Å². The van der Waals surface area contributed by atoms with Gasteiger partial charge in [-0.2, -0.15) is 0 Å². The van der Waals surface area contributed by atoms with E-state index in [1.54, 1.807) is 13.3 Å². The molecule has 0 aliphatic rings. The number of nitrogens with one attached hydrogen (secondary N) is 1. The van der Waals surface area contributed by atoms with Crippen LogP contribution in [-0.4, -0.2) is 7.05 Å². The van der Waals surface area contributed by atoms with Gasteiger partial charge >= 0.3 is 0 Å². The Bertz CT molecular complexity index is 148. The van der Waals surface area contributed by atoms with Crippen LogP contribution >= 0.6 is 0 Å². The first kappa shape index (κ1) is 6.32. The van der Waals surface area contributed by atoms with Crippen LogP contribution in [0.25, 0.3) is 0 Å². The average Bonchev–Trinajstić information content (AvgIpc) is 2.34. The highest BCUT2D eigenvalue weighted by Crippen LogP contribution is 1.99. The molecule has 0 aliphatic heterocycles. The highest BCUT2D eigenvalue weighted by molar-refractivity contribution is 4.95. The highest BCUT2D eigenvalue weighted by atomic mass is 16.6. The molecule has 50 valence electrons. The van der Waals surface area contributed by atoms with Crippen LogP contribution in [0.15, 0.2) is 22.8 Å². The summed E-state index contributed by atoms with van der Waals surface area (Å²) in [4.78, 5) is 4.83. The van der Waals surface area contributed by atoms with Crippen LogP contribution in [0, 0.1) is 0 Å². The Labute approximate surface area is 53.6 Å². The Morgan fingerprint density at radius 1 is 1.78 bits per heavy atom. The summed E-state index contributed by atoms with van der Waals surface area (Å²) in [6.07, 6.45) is 1.62. The van der Waals surface area contributed by atoms with E-state index in [0.717, 1.165) is 5.76 Å². The molecule has 3 nitrogen and oxygen atoms in total. The lowest BCUT2D eigenvalue weighted by Crippen LogP contribution is -2.05. The van der Waals surface area contributed by atoms with Crippen LogP contribution in [0.5, 0.6) is 0 Å². The Kier molecular flexibility index (Phi) is 2.30. The molecule has 9 heavy (non-hydrogen) atoms. The Hall–Kier alpha value is -0.800. The zero-order valence-electron chi connectivity index (χ0n) is 5.26. The first-order valence-electron chi connectivity index (χ1n) is 2.74. The molecule has 1 heterocycles. The van der Waals surface area contributed by atoms with Crippen LogP contribution in [0.4, 0.5) is 0 Å². The summed E-state index contributed by atoms with van der Waals surface area (Å²) in [5.74, 6) is 0.823. The van der Waals surface area contributed by atoms with E-state index in [-0.39, 0.29) is 0 Å². The van der Waals surface area contributed by atoms with Crippen LogP contribution < -0.4 is 5.48 Å². The first-order chi connectivity index (χ1) is 4.43. The van der Waals surface area contributed by atoms with Crippen molar-refractivity contribution in [2.45, 2.75) is 6.61 Å². The molecule has 0 aliphatic carbocycles. The molecule has 0 saturated heterocycles. The smallest absolute Gasteiger partial charge is 0.131 e. The standard InChI is InChI=1S/C6H9NO2/c1-7-9-5-6-3-2-4-8-6/h2-4,7H,5H2,1H3. The van der Waals surface area contributed by atoms with Crippen molar-refractivity contribution in [1.82, 2.24) is 5.48 Å². The second-order valence-corrected chi connectivity index (χ2v) is 1.57. The number of furan rings is 1. The summed E-state index contributed by atoms with van der Waals surface area (Å²) in [5.41, 5.74) is 2.55. The lowest BCUT2D eigenvalue weighted by atomic mass is 10.5. The molecule has 3 heteroatoms. The van der Waals surface area contributed by atoms with Crippen molar-refractivity contribution in [1.29, 1.82) is 0 Å². The van der Waals surface area contributed by atoms with E-state index >= 15 is 0 Å². The molecule has 0 bridgehead atoms. The molecule has 0 saturated carbocycles. The van der Waals surface area contributed by atoms with Gasteiger partial charge in [0.15, 0.2) is 0 Å². The van der Waals surface area contributed by atoms with E-state index in [9.17, 15) is 0 Å². The Morgan fingerprint density at radius 2 is 2.67 bits per heavy atom. The second kappa shape index (κ2) is 3.27. The van der Waals surface area contributed by atoms with E-state index < -0.39 is 0 Å². The van der Waals surface area contributed by atoms with Gasteiger partial charge < -0.3 is 4.42 Å². The summed E-state index contributed by atoms with van der Waals surface area (Å²) in [6, 6.07) is 3.69. The van der Waals surface area contributed by atoms with Crippen molar-refractivity contribution in [3.63, 3.8) is 0 Å². The minimum absolute atomic E-state index is 0.476. The Morgan fingerprint density at radius 3 is 3.22 bits per heavy atom. The fourth-order valence-electron chi connectivity index (χ4n) is 0.538. The van der Waals surface area contributed by atoms with Crippen molar-refractivity contribution in [3.8, 4) is 0 Å². The molecule has 0 aromatic carbocycles. The normalized spacial score (nSPS) is 9.89. The molecule has 1 N–H and O–H groups in total. The van der Waals surface area contributed by atoms with Gasteiger partial charge in [-0.25, -0.2) is 5.48 Å². The largest absolute Gasteiger partial charge is 0.467 e. The summed E-state index contributed by atoms with van der Waals surface area (Å²) < 4.78 is 4.97. The molecule has 0 atom stereocenters. The fourth-order valence-corrected chi connectivity index (χ4v) is 0.538. The van der Waals surface area contributed by atoms with Crippen molar-refractivity contribution in [2.75, 3.05) is 7.05 Å². The molecular formula is C6H9NO2. The Balaban J connectivity index is 2.30. The van der Waals surface area contributed by atoms with Gasteiger partial charge in [-0.1, -0.05) is 0 Å². The number of rotatable bonds is 3. The van der Waals surface area contributed by atoms with Gasteiger partial charge in [0, 0.05) is 7.05 Å². The maximum Gasteiger partial charge on any atom is 0.131 e. The predicted octanol–water partition coefficient (Wildman–Crippen LogP) is 0.931. The predicted molar refractivity (Wildman–Crippen MR) is 32.6 cm³/mol. The maximum atomic E-state index is 4.97. The molecule has 0 fully saturated rings. The number of hydroxylamine groups is 1. The zero-order chi connectivity index (χ0) is 6.53. The lowest BCUT2D eigenvalue weighted by molar-refractivity contribution is 0.0340. The first-order valence-corrected chi connectivity index (χ1v) is 2.74. The van der Waals surface area contributed by atoms with E-state index in [0.29, 0.717) is 6.61 Å². The van der Waals surface area contributed by atoms with E-state index in [4.69, 9.17) is 9.25 Å². The average molecular weight is 127 g/mol. The molecule has 0 spiro atoms. The monoisotopic (exact) mass is 127 g/mol. The molecular weight excluding hydrogens is 118 g/mol. The highest BCUT2D eigenvalue weighted by Gasteiger charge is 1.91. The summed E-state index contributed by atoms with van der Waals surface area (Å²) in [6.45, 7) is 0.476. The van der Waals surface area contributed by atoms with Crippen molar-refractivity contribution < 1.29 is 9.25 Å². The molecule has 1 rings (SSSR count). The van der Waals surface area contributed by atoms with Gasteiger partial charge in [0.05, 0.1) is 6.26 Å². The van der Waals surface area contributed by atoms with Gasteiger partial charge in [-0.15, -0.1) is 0 Å². The summed E-state index contributed by atoms with van der Waals surface area (Å²) in [7, 11) is 1.71. The van der Waals surface area contributed by atoms with Crippen molar-refractivity contribution >= 4 is 0 Å². The molecule has 0 radical (unpaired) electrons. The second-order valence-electron chi connectivity index (χ2n) is 1.57. The van der Waals surface area contributed by atoms with Crippen molar-refractivity contribution in [2.24, 2.45) is 0 Å². The van der Waals surface area contributed by atoms with Crippen LogP contribution in [0.2, 0.25) is 0 Å². The fraction of sp³-hybridized carbons (Fsp3) is 0.333. The van der Waals surface area contributed by atoms with E-state index in [1.165, 1.54) is 0 Å². The molecule has 1 aromatic rings. The van der Waals surface area contributed by atoms with Gasteiger partial charge in [-0.05, 0) is 12.1 Å². The van der Waals surface area contributed by atoms with Gasteiger partial charge in [0.25, 0.3) is 0 Å². The quantitative estimate of drug-likeness (QED) is 0.613. The van der Waals surface area contributed by atoms with E-state index in [2.05, 4.69) is 5.48 Å².